The third-order valence-electron chi connectivity index (χ3n) is 3.10. The second-order valence-corrected chi connectivity index (χ2v) is 5.74. The number of benzene rings is 1. The van der Waals surface area contributed by atoms with Crippen molar-refractivity contribution in [2.75, 3.05) is 0 Å². The molecule has 96 valence electrons. The topological polar surface area (TPSA) is 38.0 Å². The van der Waals surface area contributed by atoms with Gasteiger partial charge in [0.1, 0.15) is 6.10 Å². The Labute approximate surface area is 108 Å². The van der Waals surface area contributed by atoms with Gasteiger partial charge in [-0.25, -0.2) is 4.98 Å². The lowest BCUT2D eigenvalue weighted by atomic mass is 9.86. The molecule has 0 radical (unpaired) electrons. The fourth-order valence-electron chi connectivity index (χ4n) is 1.91. The highest BCUT2D eigenvalue weighted by molar-refractivity contribution is 5.31. The Hall–Kier alpha value is -1.61. The van der Waals surface area contributed by atoms with Crippen LogP contribution >= 0.6 is 0 Å². The van der Waals surface area contributed by atoms with E-state index in [0.29, 0.717) is 5.69 Å². The highest BCUT2D eigenvalue weighted by atomic mass is 16.3. The molecule has 0 spiro atoms. The fourth-order valence-corrected chi connectivity index (χ4v) is 1.91. The molecule has 0 saturated heterocycles. The SMILES string of the molecule is Cn1cnc(C(O)c2ccc(C(C)(C)C)cc2)c1. The molecule has 0 fully saturated rings. The van der Waals surface area contributed by atoms with Crippen LogP contribution in [-0.4, -0.2) is 14.7 Å². The summed E-state index contributed by atoms with van der Waals surface area (Å²) in [4.78, 5) is 4.18. The molecule has 0 saturated carbocycles. The number of aromatic nitrogens is 2. The number of aliphatic hydroxyl groups excluding tert-OH is 1. The Morgan fingerprint density at radius 1 is 1.17 bits per heavy atom. The maximum absolute atomic E-state index is 10.2. The van der Waals surface area contributed by atoms with Gasteiger partial charge in [-0.15, -0.1) is 0 Å². The van der Waals surface area contributed by atoms with Crippen molar-refractivity contribution in [3.63, 3.8) is 0 Å². The quantitative estimate of drug-likeness (QED) is 0.882. The van der Waals surface area contributed by atoms with Gasteiger partial charge in [0.2, 0.25) is 0 Å². The normalized spacial score (nSPS) is 13.6. The summed E-state index contributed by atoms with van der Waals surface area (Å²) in [6.07, 6.45) is 2.88. The number of aryl methyl sites for hydroxylation is 1. The molecule has 1 N–H and O–H groups in total. The monoisotopic (exact) mass is 244 g/mol. The first-order valence-electron chi connectivity index (χ1n) is 6.14. The maximum Gasteiger partial charge on any atom is 0.122 e. The van der Waals surface area contributed by atoms with Gasteiger partial charge in [0.25, 0.3) is 0 Å². The van der Waals surface area contributed by atoms with Gasteiger partial charge >= 0.3 is 0 Å². The smallest absolute Gasteiger partial charge is 0.122 e. The van der Waals surface area contributed by atoms with Crippen molar-refractivity contribution in [3.05, 3.63) is 53.6 Å². The van der Waals surface area contributed by atoms with Crippen LogP contribution in [-0.2, 0) is 12.5 Å². The zero-order valence-electron chi connectivity index (χ0n) is 11.4. The molecular weight excluding hydrogens is 224 g/mol. The van der Waals surface area contributed by atoms with E-state index < -0.39 is 6.10 Å². The molecule has 0 bridgehead atoms. The van der Waals surface area contributed by atoms with E-state index in [1.54, 1.807) is 6.33 Å². The van der Waals surface area contributed by atoms with Crippen LogP contribution in [0.4, 0.5) is 0 Å². The zero-order valence-corrected chi connectivity index (χ0v) is 11.4. The van der Waals surface area contributed by atoms with Gasteiger partial charge in [-0.05, 0) is 16.5 Å². The molecule has 18 heavy (non-hydrogen) atoms. The third-order valence-corrected chi connectivity index (χ3v) is 3.10. The summed E-state index contributed by atoms with van der Waals surface area (Å²) in [7, 11) is 1.89. The predicted octanol–water partition coefficient (Wildman–Crippen LogP) is 2.80. The summed E-state index contributed by atoms with van der Waals surface area (Å²) in [6.45, 7) is 6.53. The largest absolute Gasteiger partial charge is 0.382 e. The molecule has 0 aliphatic heterocycles. The van der Waals surface area contributed by atoms with Crippen LogP contribution in [0.15, 0.2) is 36.8 Å². The minimum absolute atomic E-state index is 0.133. The van der Waals surface area contributed by atoms with Gasteiger partial charge < -0.3 is 9.67 Å². The highest BCUT2D eigenvalue weighted by Crippen LogP contribution is 2.25. The van der Waals surface area contributed by atoms with Crippen molar-refractivity contribution in [2.24, 2.45) is 7.05 Å². The summed E-state index contributed by atoms with van der Waals surface area (Å²) in [5.74, 6) is 0. The lowest BCUT2D eigenvalue weighted by Crippen LogP contribution is -2.11. The lowest BCUT2D eigenvalue weighted by Gasteiger charge is -2.19. The van der Waals surface area contributed by atoms with E-state index in [1.807, 2.05) is 29.9 Å². The average Bonchev–Trinajstić information content (AvgIpc) is 2.74. The Morgan fingerprint density at radius 3 is 2.22 bits per heavy atom. The molecule has 3 nitrogen and oxygen atoms in total. The van der Waals surface area contributed by atoms with E-state index in [-0.39, 0.29) is 5.41 Å². The second kappa shape index (κ2) is 4.58. The number of aliphatic hydroxyl groups is 1. The zero-order chi connectivity index (χ0) is 13.3. The van der Waals surface area contributed by atoms with E-state index in [9.17, 15) is 5.11 Å². The Kier molecular flexibility index (Phi) is 3.26. The van der Waals surface area contributed by atoms with Gasteiger partial charge in [-0.1, -0.05) is 45.0 Å². The minimum atomic E-state index is -0.653. The summed E-state index contributed by atoms with van der Waals surface area (Å²) in [5, 5.41) is 10.2. The number of nitrogens with zero attached hydrogens (tertiary/aromatic N) is 2. The minimum Gasteiger partial charge on any atom is -0.382 e. The molecule has 1 aromatic carbocycles. The number of hydrogen-bond acceptors (Lipinski definition) is 2. The van der Waals surface area contributed by atoms with Crippen molar-refractivity contribution in [1.82, 2.24) is 9.55 Å². The van der Waals surface area contributed by atoms with Gasteiger partial charge in [0, 0.05) is 13.2 Å². The first-order chi connectivity index (χ1) is 8.38. The molecule has 2 rings (SSSR count). The average molecular weight is 244 g/mol. The number of imidazole rings is 1. The first-order valence-corrected chi connectivity index (χ1v) is 6.14. The Balaban J connectivity index is 2.24. The standard InChI is InChI=1S/C15H20N2O/c1-15(2,3)12-7-5-11(6-8-12)14(18)13-9-17(4)10-16-13/h5-10,14,18H,1-4H3. The third kappa shape index (κ3) is 2.62. The van der Waals surface area contributed by atoms with Gasteiger partial charge in [0.05, 0.1) is 12.0 Å². The molecule has 0 aliphatic rings. The van der Waals surface area contributed by atoms with E-state index in [0.717, 1.165) is 5.56 Å². The molecule has 1 aromatic heterocycles. The second-order valence-electron chi connectivity index (χ2n) is 5.74. The van der Waals surface area contributed by atoms with E-state index in [1.165, 1.54) is 5.56 Å². The Bertz CT molecular complexity index is 520. The highest BCUT2D eigenvalue weighted by Gasteiger charge is 2.16. The van der Waals surface area contributed by atoms with Crippen LogP contribution in [0.1, 0.15) is 43.7 Å². The summed E-state index contributed by atoms with van der Waals surface area (Å²) >= 11 is 0. The van der Waals surface area contributed by atoms with Crippen molar-refractivity contribution in [2.45, 2.75) is 32.3 Å². The van der Waals surface area contributed by atoms with Crippen LogP contribution in [0.25, 0.3) is 0 Å². The molecule has 1 atom stereocenters. The molecule has 1 heterocycles. The molecular formula is C15H20N2O. The van der Waals surface area contributed by atoms with Gasteiger partial charge in [-0.2, -0.15) is 0 Å². The van der Waals surface area contributed by atoms with Crippen molar-refractivity contribution in [3.8, 4) is 0 Å². The summed E-state index contributed by atoms with van der Waals surface area (Å²) in [6, 6.07) is 8.09. The van der Waals surface area contributed by atoms with E-state index >= 15 is 0 Å². The maximum atomic E-state index is 10.2. The van der Waals surface area contributed by atoms with Crippen LogP contribution < -0.4 is 0 Å². The van der Waals surface area contributed by atoms with Crippen molar-refractivity contribution < 1.29 is 5.11 Å². The fraction of sp³-hybridized carbons (Fsp3) is 0.400. The van der Waals surface area contributed by atoms with Crippen LogP contribution in [0.2, 0.25) is 0 Å². The molecule has 0 aliphatic carbocycles. The van der Waals surface area contributed by atoms with Crippen molar-refractivity contribution in [1.29, 1.82) is 0 Å². The van der Waals surface area contributed by atoms with E-state index in [2.05, 4.69) is 37.9 Å². The molecule has 3 heteroatoms. The van der Waals surface area contributed by atoms with Gasteiger partial charge in [-0.3, -0.25) is 0 Å². The Morgan fingerprint density at radius 2 is 1.78 bits per heavy atom. The van der Waals surface area contributed by atoms with Gasteiger partial charge in [0.15, 0.2) is 0 Å². The number of hydrogen-bond donors (Lipinski definition) is 1. The predicted molar refractivity (Wildman–Crippen MR) is 72.4 cm³/mol. The molecule has 0 amide bonds. The van der Waals surface area contributed by atoms with E-state index in [4.69, 9.17) is 0 Å². The van der Waals surface area contributed by atoms with Crippen LogP contribution in [0, 0.1) is 0 Å². The number of rotatable bonds is 2. The summed E-state index contributed by atoms with van der Waals surface area (Å²) < 4.78 is 1.84. The van der Waals surface area contributed by atoms with Crippen LogP contribution in [0.3, 0.4) is 0 Å². The molecule has 2 aromatic rings. The van der Waals surface area contributed by atoms with Crippen LogP contribution in [0.5, 0.6) is 0 Å². The first kappa shape index (κ1) is 12.8. The molecule has 1 unspecified atom stereocenters. The lowest BCUT2D eigenvalue weighted by molar-refractivity contribution is 0.215. The van der Waals surface area contributed by atoms with Crippen molar-refractivity contribution >= 4 is 0 Å². The summed E-state index contributed by atoms with van der Waals surface area (Å²) in [5.41, 5.74) is 2.95.